The van der Waals surface area contributed by atoms with E-state index >= 15 is 0 Å². The van der Waals surface area contributed by atoms with Gasteiger partial charge in [-0.3, -0.25) is 0 Å². The van der Waals surface area contributed by atoms with Crippen molar-refractivity contribution in [3.05, 3.63) is 87.1 Å². The van der Waals surface area contributed by atoms with Crippen LogP contribution in [0.4, 0.5) is 8.78 Å². The summed E-state index contributed by atoms with van der Waals surface area (Å²) < 4.78 is 38.1. The summed E-state index contributed by atoms with van der Waals surface area (Å²) in [5, 5.41) is 11.9. The van der Waals surface area contributed by atoms with Crippen molar-refractivity contribution in [3.63, 3.8) is 0 Å². The molecule has 1 unspecified atom stereocenters. The Morgan fingerprint density at radius 1 is 1.12 bits per heavy atom. The van der Waals surface area contributed by atoms with E-state index in [1.807, 2.05) is 0 Å². The van der Waals surface area contributed by atoms with E-state index < -0.39 is 12.0 Å². The standard InChI is InChI=1S/C25H23ClF2N2O3/c1-13-23(33-14(2)29-13)22(31)16-7-10-20-18(12-16)21(26)19(24(30-20)32-4)11-15-5-8-17(9-6-15)25(3,27)28/h5-10,12,22,31H,11H2,1-4H3. The highest BCUT2D eigenvalue weighted by Gasteiger charge is 2.24. The molecule has 172 valence electrons. The molecule has 0 radical (unpaired) electrons. The summed E-state index contributed by atoms with van der Waals surface area (Å²) in [7, 11) is 1.50. The molecule has 8 heteroatoms. The Balaban J connectivity index is 1.75. The van der Waals surface area contributed by atoms with Crippen LogP contribution < -0.4 is 4.74 Å². The van der Waals surface area contributed by atoms with Crippen molar-refractivity contribution >= 4 is 22.5 Å². The third kappa shape index (κ3) is 4.56. The van der Waals surface area contributed by atoms with Crippen LogP contribution in [0.3, 0.4) is 0 Å². The molecule has 4 rings (SSSR count). The average molecular weight is 473 g/mol. The zero-order valence-electron chi connectivity index (χ0n) is 18.6. The molecule has 1 N–H and O–H groups in total. The minimum atomic E-state index is -2.91. The van der Waals surface area contributed by atoms with E-state index in [9.17, 15) is 13.9 Å². The van der Waals surface area contributed by atoms with Crippen molar-refractivity contribution in [1.82, 2.24) is 9.97 Å². The predicted octanol–water partition coefficient (Wildman–Crippen LogP) is 6.29. The lowest BCUT2D eigenvalue weighted by Crippen LogP contribution is -2.07. The third-order valence-electron chi connectivity index (χ3n) is 5.54. The average Bonchev–Trinajstić information content (AvgIpc) is 3.12. The van der Waals surface area contributed by atoms with Crippen molar-refractivity contribution < 1.29 is 23.0 Å². The summed E-state index contributed by atoms with van der Waals surface area (Å²) in [6.07, 6.45) is -0.672. The Hall–Kier alpha value is -3.03. The lowest BCUT2D eigenvalue weighted by molar-refractivity contribution is 0.0174. The number of nitrogens with zero attached hydrogens (tertiary/aromatic N) is 2. The van der Waals surface area contributed by atoms with E-state index in [0.29, 0.717) is 56.7 Å². The largest absolute Gasteiger partial charge is 0.481 e. The number of methoxy groups -OCH3 is 1. The second-order valence-corrected chi connectivity index (χ2v) is 8.42. The van der Waals surface area contributed by atoms with Crippen molar-refractivity contribution in [1.29, 1.82) is 0 Å². The van der Waals surface area contributed by atoms with Crippen LogP contribution in [0.25, 0.3) is 10.9 Å². The molecule has 1 atom stereocenters. The van der Waals surface area contributed by atoms with Gasteiger partial charge in [-0.1, -0.05) is 41.9 Å². The molecule has 5 nitrogen and oxygen atoms in total. The van der Waals surface area contributed by atoms with Gasteiger partial charge in [-0.05, 0) is 30.2 Å². The van der Waals surface area contributed by atoms with Gasteiger partial charge < -0.3 is 14.3 Å². The number of rotatable bonds is 6. The molecule has 33 heavy (non-hydrogen) atoms. The Labute approximate surface area is 195 Å². The van der Waals surface area contributed by atoms with Crippen LogP contribution in [0.2, 0.25) is 5.02 Å². The molecule has 0 aliphatic heterocycles. The number of hydrogen-bond donors (Lipinski definition) is 1. The molecule has 0 spiro atoms. The first-order chi connectivity index (χ1) is 15.6. The number of aryl methyl sites for hydroxylation is 2. The quantitative estimate of drug-likeness (QED) is 0.357. The summed E-state index contributed by atoms with van der Waals surface area (Å²) in [4.78, 5) is 8.77. The summed E-state index contributed by atoms with van der Waals surface area (Å²) >= 11 is 6.78. The van der Waals surface area contributed by atoms with Crippen molar-refractivity contribution in [3.8, 4) is 5.88 Å². The number of oxazole rings is 1. The van der Waals surface area contributed by atoms with Gasteiger partial charge in [-0.15, -0.1) is 0 Å². The Morgan fingerprint density at radius 3 is 2.39 bits per heavy atom. The molecule has 2 aromatic carbocycles. The number of ether oxygens (including phenoxy) is 1. The van der Waals surface area contributed by atoms with E-state index in [0.717, 1.165) is 12.5 Å². The molecule has 0 aliphatic rings. The van der Waals surface area contributed by atoms with Crippen molar-refractivity contribution in [2.45, 2.75) is 39.2 Å². The molecule has 0 bridgehead atoms. The van der Waals surface area contributed by atoms with Crippen LogP contribution >= 0.6 is 11.6 Å². The molecule has 0 fully saturated rings. The SMILES string of the molecule is COc1nc2ccc(C(O)c3oc(C)nc3C)cc2c(Cl)c1Cc1ccc(C(C)(F)F)cc1. The van der Waals surface area contributed by atoms with Crippen LogP contribution in [-0.2, 0) is 12.3 Å². The van der Waals surface area contributed by atoms with E-state index in [2.05, 4.69) is 9.97 Å². The van der Waals surface area contributed by atoms with E-state index in [4.69, 9.17) is 20.8 Å². The normalized spacial score (nSPS) is 12.8. The Morgan fingerprint density at radius 2 is 1.82 bits per heavy atom. The molecule has 0 aliphatic carbocycles. The number of pyridine rings is 1. The first-order valence-electron chi connectivity index (χ1n) is 10.3. The summed E-state index contributed by atoms with van der Waals surface area (Å²) in [5.74, 6) is -1.71. The molecular weight excluding hydrogens is 450 g/mol. The lowest BCUT2D eigenvalue weighted by Gasteiger charge is -2.15. The van der Waals surface area contributed by atoms with Gasteiger partial charge in [0.05, 0.1) is 23.3 Å². The fourth-order valence-electron chi connectivity index (χ4n) is 3.82. The fraction of sp³-hybridized carbons (Fsp3) is 0.280. The summed E-state index contributed by atoms with van der Waals surface area (Å²) in [6, 6.07) is 11.3. The highest BCUT2D eigenvalue weighted by atomic mass is 35.5. The molecular formula is C25H23ClF2N2O3. The minimum Gasteiger partial charge on any atom is -0.481 e. The number of aliphatic hydroxyl groups is 1. The fourth-order valence-corrected chi connectivity index (χ4v) is 4.12. The zero-order valence-corrected chi connectivity index (χ0v) is 19.4. The second-order valence-electron chi connectivity index (χ2n) is 8.04. The second kappa shape index (κ2) is 8.72. The number of hydrogen-bond acceptors (Lipinski definition) is 5. The highest BCUT2D eigenvalue weighted by molar-refractivity contribution is 6.36. The van der Waals surface area contributed by atoms with Crippen LogP contribution in [0.15, 0.2) is 46.9 Å². The zero-order chi connectivity index (χ0) is 23.9. The first-order valence-corrected chi connectivity index (χ1v) is 10.7. The summed E-state index contributed by atoms with van der Waals surface area (Å²) in [5.41, 5.74) is 3.15. The molecule has 4 aromatic rings. The van der Waals surface area contributed by atoms with Gasteiger partial charge in [0.15, 0.2) is 11.7 Å². The van der Waals surface area contributed by atoms with Gasteiger partial charge in [0.25, 0.3) is 5.92 Å². The van der Waals surface area contributed by atoms with Gasteiger partial charge >= 0.3 is 0 Å². The number of alkyl halides is 2. The maximum absolute atomic E-state index is 13.5. The van der Waals surface area contributed by atoms with Crippen LogP contribution in [0, 0.1) is 13.8 Å². The number of halogens is 3. The van der Waals surface area contributed by atoms with Gasteiger partial charge in [0, 0.05) is 36.8 Å². The Kier molecular flexibility index (Phi) is 6.12. The van der Waals surface area contributed by atoms with Crippen LogP contribution in [0.1, 0.15) is 52.6 Å². The maximum atomic E-state index is 13.5. The van der Waals surface area contributed by atoms with Crippen molar-refractivity contribution in [2.24, 2.45) is 0 Å². The van der Waals surface area contributed by atoms with Gasteiger partial charge in [-0.25, -0.2) is 18.7 Å². The Bertz CT molecular complexity index is 1310. The summed E-state index contributed by atoms with van der Waals surface area (Å²) in [6.45, 7) is 4.35. The minimum absolute atomic E-state index is 0.0578. The number of fused-ring (bicyclic) bond motifs is 1. The lowest BCUT2D eigenvalue weighted by atomic mass is 9.99. The van der Waals surface area contributed by atoms with Crippen LogP contribution in [-0.4, -0.2) is 22.2 Å². The first kappa shape index (κ1) is 23.1. The van der Waals surface area contributed by atoms with E-state index in [-0.39, 0.29) is 5.56 Å². The van der Waals surface area contributed by atoms with E-state index in [1.54, 1.807) is 44.2 Å². The molecule has 0 saturated carbocycles. The van der Waals surface area contributed by atoms with Gasteiger partial charge in [-0.2, -0.15) is 0 Å². The molecule has 2 heterocycles. The van der Waals surface area contributed by atoms with Gasteiger partial charge in [0.2, 0.25) is 5.88 Å². The van der Waals surface area contributed by atoms with E-state index in [1.165, 1.54) is 19.2 Å². The number of aliphatic hydroxyl groups excluding tert-OH is 1. The molecule has 0 amide bonds. The highest BCUT2D eigenvalue weighted by Crippen LogP contribution is 2.37. The topological polar surface area (TPSA) is 68.4 Å². The smallest absolute Gasteiger partial charge is 0.270 e. The van der Waals surface area contributed by atoms with Crippen molar-refractivity contribution in [2.75, 3.05) is 7.11 Å². The predicted molar refractivity (Wildman–Crippen MR) is 122 cm³/mol. The number of benzene rings is 2. The van der Waals surface area contributed by atoms with Crippen LogP contribution in [0.5, 0.6) is 5.88 Å². The molecule has 2 aromatic heterocycles. The monoisotopic (exact) mass is 472 g/mol. The maximum Gasteiger partial charge on any atom is 0.270 e. The van der Waals surface area contributed by atoms with Gasteiger partial charge in [0.1, 0.15) is 6.10 Å². The number of aromatic nitrogens is 2. The molecule has 0 saturated heterocycles. The third-order valence-corrected chi connectivity index (χ3v) is 5.97.